The highest BCUT2D eigenvalue weighted by Crippen LogP contribution is 2.46. The highest BCUT2D eigenvalue weighted by molar-refractivity contribution is 5.81. The van der Waals surface area contributed by atoms with E-state index >= 15 is 0 Å². The van der Waals surface area contributed by atoms with Gasteiger partial charge in [-0.15, -0.1) is 0 Å². The molecule has 1 aromatic rings. The molecule has 1 N–H and O–H groups in total. The molecule has 0 aromatic heterocycles. The van der Waals surface area contributed by atoms with E-state index in [0.717, 1.165) is 7.11 Å². The Bertz CT molecular complexity index is 591. The van der Waals surface area contributed by atoms with Crippen LogP contribution < -0.4 is 5.32 Å². The van der Waals surface area contributed by atoms with Crippen LogP contribution in [0.1, 0.15) is 18.5 Å². The third-order valence-corrected chi connectivity index (χ3v) is 4.01. The number of carbonyl (C=O) groups excluding carboxylic acids is 2. The number of nitrogens with one attached hydrogen (secondary N) is 1. The molecule has 1 aliphatic heterocycles. The normalized spacial score (nSPS) is 26.9. The second-order valence-electron chi connectivity index (χ2n) is 5.40. The summed E-state index contributed by atoms with van der Waals surface area (Å²) in [7, 11) is 1.01. The van der Waals surface area contributed by atoms with Crippen molar-refractivity contribution in [3.8, 4) is 0 Å². The van der Waals surface area contributed by atoms with E-state index in [1.165, 1.54) is 6.92 Å². The number of benzene rings is 1. The number of methoxy groups -OCH3 is 1. The summed E-state index contributed by atoms with van der Waals surface area (Å²) in [6, 6.07) is 5.52. The second kappa shape index (κ2) is 7.21. The van der Waals surface area contributed by atoms with Gasteiger partial charge in [-0.05, 0) is 12.5 Å². The molecule has 2 rings (SSSR count). The quantitative estimate of drug-likeness (QED) is 0.848. The fourth-order valence-corrected chi connectivity index (χ4v) is 3.03. The zero-order chi connectivity index (χ0) is 17.9. The van der Waals surface area contributed by atoms with Crippen LogP contribution in [-0.2, 0) is 19.1 Å². The van der Waals surface area contributed by atoms with Crippen molar-refractivity contribution < 1.29 is 32.2 Å². The maximum absolute atomic E-state index is 13.6. The molecule has 1 aromatic carbocycles. The van der Waals surface area contributed by atoms with Gasteiger partial charge in [-0.3, -0.25) is 14.9 Å². The molecule has 5 nitrogen and oxygen atoms in total. The summed E-state index contributed by atoms with van der Waals surface area (Å²) in [4.78, 5) is 24.1. The Morgan fingerprint density at radius 3 is 2.29 bits per heavy atom. The van der Waals surface area contributed by atoms with Crippen molar-refractivity contribution in [1.29, 1.82) is 0 Å². The molecule has 1 aliphatic rings. The summed E-state index contributed by atoms with van der Waals surface area (Å²) in [6.45, 7) is 1.46. The SMILES string of the molecule is CCOC(=O)[C@H]1[C@@H](C(F)(F)F)[C@H](C(=O)OC)N[C@@H]1c1ccccc1. The van der Waals surface area contributed by atoms with Gasteiger partial charge in [0.2, 0.25) is 0 Å². The summed E-state index contributed by atoms with van der Waals surface area (Å²) in [5.41, 5.74) is 0.469. The Kier molecular flexibility index (Phi) is 5.48. The van der Waals surface area contributed by atoms with Crippen molar-refractivity contribution in [2.75, 3.05) is 13.7 Å². The van der Waals surface area contributed by atoms with Crippen molar-refractivity contribution in [2.45, 2.75) is 25.2 Å². The first-order chi connectivity index (χ1) is 11.3. The number of hydrogen-bond acceptors (Lipinski definition) is 5. The Balaban J connectivity index is 2.49. The van der Waals surface area contributed by atoms with E-state index < -0.39 is 42.0 Å². The molecule has 0 amide bonds. The third-order valence-electron chi connectivity index (χ3n) is 4.01. The number of hydrogen-bond donors (Lipinski definition) is 1. The number of halogens is 3. The van der Waals surface area contributed by atoms with E-state index in [9.17, 15) is 22.8 Å². The smallest absolute Gasteiger partial charge is 0.394 e. The van der Waals surface area contributed by atoms with Crippen molar-refractivity contribution in [3.05, 3.63) is 35.9 Å². The van der Waals surface area contributed by atoms with Gasteiger partial charge < -0.3 is 9.47 Å². The molecule has 24 heavy (non-hydrogen) atoms. The molecule has 0 saturated carbocycles. The minimum absolute atomic E-state index is 0.0513. The minimum Gasteiger partial charge on any atom is -0.468 e. The van der Waals surface area contributed by atoms with E-state index in [1.807, 2.05) is 0 Å². The van der Waals surface area contributed by atoms with Gasteiger partial charge >= 0.3 is 18.1 Å². The molecule has 0 spiro atoms. The minimum atomic E-state index is -4.77. The topological polar surface area (TPSA) is 64.6 Å². The number of esters is 2. The van der Waals surface area contributed by atoms with Gasteiger partial charge in [0.05, 0.1) is 25.6 Å². The molecular formula is C16H18F3NO4. The molecule has 1 heterocycles. The molecular weight excluding hydrogens is 327 g/mol. The molecule has 1 fully saturated rings. The molecule has 0 bridgehead atoms. The van der Waals surface area contributed by atoms with Crippen LogP contribution >= 0.6 is 0 Å². The fourth-order valence-electron chi connectivity index (χ4n) is 3.03. The van der Waals surface area contributed by atoms with Gasteiger partial charge in [0.1, 0.15) is 6.04 Å². The van der Waals surface area contributed by atoms with E-state index in [0.29, 0.717) is 5.56 Å². The van der Waals surface area contributed by atoms with Crippen LogP contribution in [0.2, 0.25) is 0 Å². The lowest BCUT2D eigenvalue weighted by Gasteiger charge is -2.25. The van der Waals surface area contributed by atoms with Crippen molar-refractivity contribution in [2.24, 2.45) is 11.8 Å². The molecule has 8 heteroatoms. The van der Waals surface area contributed by atoms with Gasteiger partial charge in [0.15, 0.2) is 0 Å². The van der Waals surface area contributed by atoms with Crippen LogP contribution in [0.3, 0.4) is 0 Å². The third kappa shape index (κ3) is 3.53. The Morgan fingerprint density at radius 1 is 1.17 bits per heavy atom. The van der Waals surface area contributed by atoms with E-state index in [2.05, 4.69) is 10.1 Å². The Labute approximate surface area is 137 Å². The van der Waals surface area contributed by atoms with Crippen LogP contribution in [0.25, 0.3) is 0 Å². The second-order valence-corrected chi connectivity index (χ2v) is 5.40. The average Bonchev–Trinajstić information content (AvgIpc) is 2.96. The Morgan fingerprint density at radius 2 is 1.79 bits per heavy atom. The summed E-state index contributed by atoms with van der Waals surface area (Å²) in [5, 5.41) is 2.61. The Hall–Kier alpha value is -2.09. The lowest BCUT2D eigenvalue weighted by atomic mass is 9.84. The monoisotopic (exact) mass is 345 g/mol. The van der Waals surface area contributed by atoms with E-state index in [-0.39, 0.29) is 6.61 Å². The average molecular weight is 345 g/mol. The largest absolute Gasteiger partial charge is 0.468 e. The summed E-state index contributed by atoms with van der Waals surface area (Å²) < 4.78 is 50.1. The zero-order valence-electron chi connectivity index (χ0n) is 13.2. The first-order valence-electron chi connectivity index (χ1n) is 7.43. The highest BCUT2D eigenvalue weighted by atomic mass is 19.4. The number of carbonyl (C=O) groups is 2. The van der Waals surface area contributed by atoms with Gasteiger partial charge in [0, 0.05) is 6.04 Å². The standard InChI is InChI=1S/C16H18F3NO4/c1-3-24-14(21)10-11(16(17,18)19)13(15(22)23-2)20-12(10)9-7-5-4-6-8-9/h4-8,10-13,20H,3H2,1-2H3/t10-,11+,12+,13+/m0/s1. The summed E-state index contributed by atoms with van der Waals surface area (Å²) >= 11 is 0. The lowest BCUT2D eigenvalue weighted by Crippen LogP contribution is -2.45. The number of ether oxygens (including phenoxy) is 2. The predicted molar refractivity (Wildman–Crippen MR) is 77.8 cm³/mol. The highest BCUT2D eigenvalue weighted by Gasteiger charge is 2.62. The zero-order valence-corrected chi connectivity index (χ0v) is 13.2. The number of rotatable bonds is 4. The number of alkyl halides is 3. The van der Waals surface area contributed by atoms with Gasteiger partial charge in [-0.2, -0.15) is 13.2 Å². The van der Waals surface area contributed by atoms with Gasteiger partial charge in [-0.25, -0.2) is 0 Å². The lowest BCUT2D eigenvalue weighted by molar-refractivity contribution is -0.200. The van der Waals surface area contributed by atoms with Crippen LogP contribution in [-0.4, -0.2) is 37.9 Å². The first kappa shape index (κ1) is 18.3. The van der Waals surface area contributed by atoms with E-state index in [4.69, 9.17) is 4.74 Å². The van der Waals surface area contributed by atoms with Crippen molar-refractivity contribution >= 4 is 11.9 Å². The maximum atomic E-state index is 13.6. The van der Waals surface area contributed by atoms with Crippen molar-refractivity contribution in [1.82, 2.24) is 5.32 Å². The van der Waals surface area contributed by atoms with Crippen LogP contribution in [0.15, 0.2) is 30.3 Å². The van der Waals surface area contributed by atoms with Crippen LogP contribution in [0, 0.1) is 11.8 Å². The van der Waals surface area contributed by atoms with Gasteiger partial charge in [-0.1, -0.05) is 30.3 Å². The summed E-state index contributed by atoms with van der Waals surface area (Å²) in [5.74, 6) is -5.86. The van der Waals surface area contributed by atoms with Crippen molar-refractivity contribution in [3.63, 3.8) is 0 Å². The molecule has 0 aliphatic carbocycles. The van der Waals surface area contributed by atoms with Gasteiger partial charge in [0.25, 0.3) is 0 Å². The molecule has 0 radical (unpaired) electrons. The summed E-state index contributed by atoms with van der Waals surface area (Å²) in [6.07, 6.45) is -4.77. The predicted octanol–water partition coefficient (Wildman–Crippen LogP) is 2.23. The molecule has 4 atom stereocenters. The maximum Gasteiger partial charge on any atom is 0.394 e. The molecule has 0 unspecified atom stereocenters. The van der Waals surface area contributed by atoms with Crippen LogP contribution in [0.4, 0.5) is 13.2 Å². The van der Waals surface area contributed by atoms with Crippen LogP contribution in [0.5, 0.6) is 0 Å². The molecule has 1 saturated heterocycles. The molecule has 132 valence electrons. The van der Waals surface area contributed by atoms with E-state index in [1.54, 1.807) is 30.3 Å². The fraction of sp³-hybridized carbons (Fsp3) is 0.500. The first-order valence-corrected chi connectivity index (χ1v) is 7.43.